The first-order chi connectivity index (χ1) is 6.63. The van der Waals surface area contributed by atoms with Crippen LogP contribution in [0.2, 0.25) is 0 Å². The van der Waals surface area contributed by atoms with E-state index in [0.29, 0.717) is 0 Å². The molecule has 0 aliphatic heterocycles. The Morgan fingerprint density at radius 3 is 2.86 bits per heavy atom. The van der Waals surface area contributed by atoms with Crippen molar-refractivity contribution >= 4 is 34.2 Å². The van der Waals surface area contributed by atoms with Gasteiger partial charge in [0.05, 0.1) is 16.3 Å². The Kier molecular flexibility index (Phi) is 2.22. The summed E-state index contributed by atoms with van der Waals surface area (Å²) in [6, 6.07) is 9.97. The molecule has 14 heavy (non-hydrogen) atoms. The van der Waals surface area contributed by atoms with Crippen molar-refractivity contribution in [1.29, 1.82) is 5.26 Å². The highest BCUT2D eigenvalue weighted by atomic mass is 32.1. The predicted octanol–water partition coefficient (Wildman–Crippen LogP) is 2.96. The second-order valence-electron chi connectivity index (χ2n) is 3.17. The number of benzene rings is 1. The Balaban J connectivity index is 2.62. The van der Waals surface area contributed by atoms with Crippen molar-refractivity contribution in [1.82, 2.24) is 4.98 Å². The Labute approximate surface area is 91.6 Å². The lowest BCUT2D eigenvalue weighted by atomic mass is 10.2. The van der Waals surface area contributed by atoms with Crippen molar-refractivity contribution < 1.29 is 0 Å². The smallest absolute Gasteiger partial charge is 0.148 e. The highest BCUT2D eigenvalue weighted by Gasteiger charge is 2.25. The fourth-order valence-electron chi connectivity index (χ4n) is 1.13. The number of thiazole rings is 1. The third kappa shape index (κ3) is 1.49. The van der Waals surface area contributed by atoms with Crippen LogP contribution < -0.4 is 0 Å². The number of rotatable bonds is 1. The maximum Gasteiger partial charge on any atom is 0.148 e. The van der Waals surface area contributed by atoms with Crippen LogP contribution in [0.25, 0.3) is 10.2 Å². The summed E-state index contributed by atoms with van der Waals surface area (Å²) < 4.78 is 0.307. The molecule has 0 aliphatic carbocycles. The maximum absolute atomic E-state index is 8.91. The van der Waals surface area contributed by atoms with Gasteiger partial charge in [0.1, 0.15) is 9.75 Å². The first-order valence-electron chi connectivity index (χ1n) is 4.13. The monoisotopic (exact) mass is 220 g/mol. The van der Waals surface area contributed by atoms with Crippen molar-refractivity contribution in [2.75, 3.05) is 0 Å². The van der Waals surface area contributed by atoms with Crippen molar-refractivity contribution in [3.05, 3.63) is 29.3 Å². The second-order valence-corrected chi connectivity index (χ2v) is 5.10. The van der Waals surface area contributed by atoms with E-state index in [1.165, 1.54) is 11.3 Å². The summed E-state index contributed by atoms with van der Waals surface area (Å²) in [5.74, 6) is 0. The molecule has 0 saturated carbocycles. The standard InChI is InChI=1S/C10H8N2S2/c1-10(13,6-11)9-12-7-4-2-3-5-8(7)14-9/h2-5,13H,1H3. The van der Waals surface area contributed by atoms with Crippen LogP contribution in [0.4, 0.5) is 0 Å². The van der Waals surface area contributed by atoms with Crippen LogP contribution in [0.15, 0.2) is 24.3 Å². The minimum atomic E-state index is -0.788. The molecule has 0 aliphatic rings. The SMILES string of the molecule is CC(S)(C#N)c1nc2ccccc2s1. The van der Waals surface area contributed by atoms with Crippen LogP contribution in [-0.4, -0.2) is 4.98 Å². The summed E-state index contributed by atoms with van der Waals surface area (Å²) in [5, 5.41) is 9.67. The third-order valence-corrected chi connectivity index (χ3v) is 3.65. The molecule has 0 bridgehead atoms. The summed E-state index contributed by atoms with van der Waals surface area (Å²) in [6.45, 7) is 1.76. The van der Waals surface area contributed by atoms with E-state index in [0.717, 1.165) is 15.2 Å². The van der Waals surface area contributed by atoms with Crippen LogP contribution in [0, 0.1) is 11.3 Å². The van der Waals surface area contributed by atoms with Crippen LogP contribution in [0.3, 0.4) is 0 Å². The van der Waals surface area contributed by atoms with Crippen LogP contribution in [-0.2, 0) is 4.75 Å². The van der Waals surface area contributed by atoms with Crippen molar-refractivity contribution in [2.24, 2.45) is 0 Å². The molecule has 1 aromatic carbocycles. The topological polar surface area (TPSA) is 36.7 Å². The molecule has 0 fully saturated rings. The lowest BCUT2D eigenvalue weighted by molar-refractivity contribution is 0.893. The Morgan fingerprint density at radius 1 is 1.50 bits per heavy atom. The van der Waals surface area contributed by atoms with E-state index in [-0.39, 0.29) is 0 Å². The molecular formula is C10H8N2S2. The van der Waals surface area contributed by atoms with Gasteiger partial charge in [0.25, 0.3) is 0 Å². The van der Waals surface area contributed by atoms with Gasteiger partial charge in [0.2, 0.25) is 0 Å². The van der Waals surface area contributed by atoms with Crippen molar-refractivity contribution in [3.8, 4) is 6.07 Å². The van der Waals surface area contributed by atoms with Gasteiger partial charge in [-0.05, 0) is 19.1 Å². The first kappa shape index (κ1) is 9.50. The molecule has 0 N–H and O–H groups in total. The Morgan fingerprint density at radius 2 is 2.21 bits per heavy atom. The summed E-state index contributed by atoms with van der Waals surface area (Å²) in [4.78, 5) is 4.37. The number of nitriles is 1. The molecule has 0 saturated heterocycles. The van der Waals surface area contributed by atoms with Gasteiger partial charge in [-0.25, -0.2) is 4.98 Å². The van der Waals surface area contributed by atoms with E-state index in [1.54, 1.807) is 6.92 Å². The van der Waals surface area contributed by atoms with Gasteiger partial charge in [-0.15, -0.1) is 11.3 Å². The summed E-state index contributed by atoms with van der Waals surface area (Å²) in [7, 11) is 0. The number of fused-ring (bicyclic) bond motifs is 1. The predicted molar refractivity (Wildman–Crippen MR) is 61.6 cm³/mol. The molecule has 1 atom stereocenters. The number of hydrogen-bond acceptors (Lipinski definition) is 4. The number of nitrogens with zero attached hydrogens (tertiary/aromatic N) is 2. The van der Waals surface area contributed by atoms with Gasteiger partial charge >= 0.3 is 0 Å². The molecule has 2 aromatic rings. The minimum Gasteiger partial charge on any atom is -0.239 e. The molecule has 1 heterocycles. The lowest BCUT2D eigenvalue weighted by Crippen LogP contribution is -2.09. The van der Waals surface area contributed by atoms with Gasteiger partial charge in [-0.3, -0.25) is 0 Å². The normalized spacial score (nSPS) is 14.9. The highest BCUT2D eigenvalue weighted by molar-refractivity contribution is 7.81. The number of thiol groups is 1. The molecule has 0 radical (unpaired) electrons. The zero-order chi connectivity index (χ0) is 10.2. The summed E-state index contributed by atoms with van der Waals surface area (Å²) >= 11 is 5.79. The quantitative estimate of drug-likeness (QED) is 0.750. The molecule has 0 amide bonds. The molecule has 0 spiro atoms. The summed E-state index contributed by atoms with van der Waals surface area (Å²) in [6.07, 6.45) is 0. The van der Waals surface area contributed by atoms with E-state index in [4.69, 9.17) is 5.26 Å². The van der Waals surface area contributed by atoms with Gasteiger partial charge in [0.15, 0.2) is 0 Å². The Hall–Kier alpha value is -1.05. The minimum absolute atomic E-state index is 0.754. The third-order valence-electron chi connectivity index (χ3n) is 1.93. The molecular weight excluding hydrogens is 212 g/mol. The molecule has 2 rings (SSSR count). The second kappa shape index (κ2) is 3.26. The number of aromatic nitrogens is 1. The van der Waals surface area contributed by atoms with Crippen molar-refractivity contribution in [2.45, 2.75) is 11.7 Å². The fraction of sp³-hybridized carbons (Fsp3) is 0.200. The van der Waals surface area contributed by atoms with Crippen LogP contribution in [0.1, 0.15) is 11.9 Å². The van der Waals surface area contributed by atoms with E-state index >= 15 is 0 Å². The lowest BCUT2D eigenvalue weighted by Gasteiger charge is -2.08. The molecule has 1 aromatic heterocycles. The van der Waals surface area contributed by atoms with Gasteiger partial charge < -0.3 is 0 Å². The first-order valence-corrected chi connectivity index (χ1v) is 5.39. The van der Waals surface area contributed by atoms with E-state index in [1.807, 2.05) is 24.3 Å². The number of para-hydroxylation sites is 1. The van der Waals surface area contributed by atoms with E-state index < -0.39 is 4.75 Å². The van der Waals surface area contributed by atoms with Crippen molar-refractivity contribution in [3.63, 3.8) is 0 Å². The zero-order valence-corrected chi connectivity index (χ0v) is 9.27. The maximum atomic E-state index is 8.91. The molecule has 1 unspecified atom stereocenters. The summed E-state index contributed by atoms with van der Waals surface area (Å²) in [5.41, 5.74) is 0.933. The van der Waals surface area contributed by atoms with E-state index in [9.17, 15) is 0 Å². The van der Waals surface area contributed by atoms with Gasteiger partial charge in [0, 0.05) is 0 Å². The fourth-order valence-corrected chi connectivity index (χ4v) is 2.28. The Bertz CT molecular complexity index is 475. The average molecular weight is 220 g/mol. The van der Waals surface area contributed by atoms with Gasteiger partial charge in [-0.1, -0.05) is 12.1 Å². The van der Waals surface area contributed by atoms with Crippen LogP contribution >= 0.6 is 24.0 Å². The van der Waals surface area contributed by atoms with Gasteiger partial charge in [-0.2, -0.15) is 17.9 Å². The molecule has 4 heteroatoms. The number of hydrogen-bond donors (Lipinski definition) is 1. The average Bonchev–Trinajstić information content (AvgIpc) is 2.61. The zero-order valence-electron chi connectivity index (χ0n) is 7.56. The highest BCUT2D eigenvalue weighted by Crippen LogP contribution is 2.33. The largest absolute Gasteiger partial charge is 0.239 e. The van der Waals surface area contributed by atoms with Crippen LogP contribution in [0.5, 0.6) is 0 Å². The molecule has 70 valence electrons. The van der Waals surface area contributed by atoms with E-state index in [2.05, 4.69) is 23.7 Å². The molecule has 2 nitrogen and oxygen atoms in total.